The van der Waals surface area contributed by atoms with Gasteiger partial charge in [-0.05, 0) is 84.8 Å². The fraction of sp³-hybridized carbons (Fsp3) is 0.278. The lowest BCUT2D eigenvalue weighted by atomic mass is 10.1. The molecule has 2 aromatic rings. The molecule has 0 aliphatic carbocycles. The highest BCUT2D eigenvalue weighted by molar-refractivity contribution is 14.1. The Bertz CT molecular complexity index is 731. The third-order valence-electron chi connectivity index (χ3n) is 3.51. The van der Waals surface area contributed by atoms with Crippen molar-refractivity contribution in [3.63, 3.8) is 0 Å². The summed E-state index contributed by atoms with van der Waals surface area (Å²) in [6.45, 7) is 7.08. The molecule has 0 radical (unpaired) electrons. The van der Waals surface area contributed by atoms with Crippen molar-refractivity contribution in [2.24, 2.45) is 4.99 Å². The van der Waals surface area contributed by atoms with Crippen LogP contribution in [-0.4, -0.2) is 24.8 Å². The van der Waals surface area contributed by atoms with E-state index < -0.39 is 0 Å². The Hall–Kier alpha value is -1.27. The van der Waals surface area contributed by atoms with Gasteiger partial charge in [-0.25, -0.2) is 4.99 Å². The minimum Gasteiger partial charge on any atom is -0.457 e. The molecule has 0 saturated carbocycles. The van der Waals surface area contributed by atoms with Crippen molar-refractivity contribution in [2.75, 3.05) is 13.6 Å². The van der Waals surface area contributed by atoms with Crippen LogP contribution in [0.4, 0.5) is 5.69 Å². The molecule has 0 heterocycles. The summed E-state index contributed by atoms with van der Waals surface area (Å²) < 4.78 is 6.97. The lowest BCUT2D eigenvalue weighted by Gasteiger charge is -2.13. The number of hydrogen-bond donors (Lipinski definition) is 0. The molecule has 5 heteroatoms. The molecule has 0 amide bonds. The molecule has 2 aromatic carbocycles. The SMILES string of the molecule is CCN(C)/C=N/c1cc(C)c(Oc2ccc(Cl)c(I)c2)cc1C. The Morgan fingerprint density at radius 2 is 1.96 bits per heavy atom. The first-order valence-electron chi connectivity index (χ1n) is 7.39. The number of aryl methyl sites for hydroxylation is 2. The molecular weight excluding hydrogens is 423 g/mol. The number of nitrogens with zero attached hydrogens (tertiary/aromatic N) is 2. The van der Waals surface area contributed by atoms with Gasteiger partial charge in [-0.3, -0.25) is 0 Å². The average molecular weight is 443 g/mol. The van der Waals surface area contributed by atoms with Crippen LogP contribution < -0.4 is 4.74 Å². The van der Waals surface area contributed by atoms with E-state index in [9.17, 15) is 0 Å². The number of ether oxygens (including phenoxy) is 1. The molecule has 0 spiro atoms. The molecule has 0 fully saturated rings. The first-order valence-corrected chi connectivity index (χ1v) is 8.85. The Morgan fingerprint density at radius 3 is 2.61 bits per heavy atom. The summed E-state index contributed by atoms with van der Waals surface area (Å²) in [5.74, 6) is 1.62. The predicted molar refractivity (Wildman–Crippen MR) is 107 cm³/mol. The minimum atomic E-state index is 0.732. The second-order valence-corrected chi connectivity index (χ2v) is 6.97. The van der Waals surface area contributed by atoms with Gasteiger partial charge in [-0.1, -0.05) is 11.6 Å². The van der Waals surface area contributed by atoms with Gasteiger partial charge < -0.3 is 9.64 Å². The molecule has 0 aliphatic heterocycles. The topological polar surface area (TPSA) is 24.8 Å². The van der Waals surface area contributed by atoms with Gasteiger partial charge in [0.2, 0.25) is 0 Å². The van der Waals surface area contributed by atoms with Crippen LogP contribution in [0.5, 0.6) is 11.5 Å². The zero-order valence-electron chi connectivity index (χ0n) is 13.7. The monoisotopic (exact) mass is 442 g/mol. The molecule has 0 bridgehead atoms. The molecule has 0 aromatic heterocycles. The van der Waals surface area contributed by atoms with Crippen LogP contribution in [0.2, 0.25) is 5.02 Å². The third kappa shape index (κ3) is 4.85. The van der Waals surface area contributed by atoms with Crippen molar-refractivity contribution >= 4 is 46.2 Å². The first kappa shape index (κ1) is 18.1. The van der Waals surface area contributed by atoms with Crippen molar-refractivity contribution in [1.29, 1.82) is 0 Å². The summed E-state index contributed by atoms with van der Waals surface area (Å²) in [6.07, 6.45) is 1.85. The van der Waals surface area contributed by atoms with Crippen molar-refractivity contribution in [3.8, 4) is 11.5 Å². The Morgan fingerprint density at radius 1 is 1.22 bits per heavy atom. The molecule has 0 aliphatic rings. The maximum Gasteiger partial charge on any atom is 0.130 e. The molecule has 23 heavy (non-hydrogen) atoms. The van der Waals surface area contributed by atoms with E-state index in [-0.39, 0.29) is 0 Å². The Balaban J connectivity index is 2.25. The fourth-order valence-corrected chi connectivity index (χ4v) is 2.54. The number of rotatable bonds is 5. The van der Waals surface area contributed by atoms with E-state index in [1.807, 2.05) is 62.5 Å². The predicted octanol–water partition coefficient (Wildman–Crippen LogP) is 5.97. The average Bonchev–Trinajstić information content (AvgIpc) is 2.52. The highest BCUT2D eigenvalue weighted by Gasteiger charge is 2.07. The van der Waals surface area contributed by atoms with E-state index >= 15 is 0 Å². The lowest BCUT2D eigenvalue weighted by molar-refractivity contribution is 0.478. The van der Waals surface area contributed by atoms with Crippen molar-refractivity contribution in [3.05, 3.63) is 50.1 Å². The third-order valence-corrected chi connectivity index (χ3v) is 5.05. The van der Waals surface area contributed by atoms with Gasteiger partial charge >= 0.3 is 0 Å². The highest BCUT2D eigenvalue weighted by Crippen LogP contribution is 2.33. The van der Waals surface area contributed by atoms with E-state index in [4.69, 9.17) is 16.3 Å². The second-order valence-electron chi connectivity index (χ2n) is 5.40. The maximum atomic E-state index is 6.05. The van der Waals surface area contributed by atoms with Gasteiger partial charge in [0.25, 0.3) is 0 Å². The molecule has 0 unspecified atom stereocenters. The van der Waals surface area contributed by atoms with Gasteiger partial charge in [0.1, 0.15) is 11.5 Å². The normalized spacial score (nSPS) is 11.0. The maximum absolute atomic E-state index is 6.05. The largest absolute Gasteiger partial charge is 0.457 e. The van der Waals surface area contributed by atoms with Gasteiger partial charge in [-0.2, -0.15) is 0 Å². The molecule has 0 atom stereocenters. The van der Waals surface area contributed by atoms with Gasteiger partial charge in [-0.15, -0.1) is 0 Å². The van der Waals surface area contributed by atoms with Crippen molar-refractivity contribution in [2.45, 2.75) is 20.8 Å². The summed E-state index contributed by atoms with van der Waals surface area (Å²) in [5, 5.41) is 0.732. The highest BCUT2D eigenvalue weighted by atomic mass is 127. The Labute approximate surface area is 156 Å². The van der Waals surface area contributed by atoms with Gasteiger partial charge in [0.15, 0.2) is 0 Å². The zero-order valence-corrected chi connectivity index (χ0v) is 16.6. The van der Waals surface area contributed by atoms with E-state index in [1.54, 1.807) is 0 Å². The molecule has 3 nitrogen and oxygen atoms in total. The van der Waals surface area contributed by atoms with E-state index in [2.05, 4.69) is 34.5 Å². The second kappa shape index (κ2) is 8.02. The van der Waals surface area contributed by atoms with Crippen LogP contribution in [0.15, 0.2) is 35.3 Å². The Kier molecular flexibility index (Phi) is 6.30. The van der Waals surface area contributed by atoms with E-state index in [0.29, 0.717) is 0 Å². The fourth-order valence-electron chi connectivity index (χ4n) is 1.93. The summed E-state index contributed by atoms with van der Waals surface area (Å²) in [6, 6.07) is 9.72. The summed E-state index contributed by atoms with van der Waals surface area (Å²) in [7, 11) is 2.01. The van der Waals surface area contributed by atoms with Crippen molar-refractivity contribution < 1.29 is 4.74 Å². The number of hydrogen-bond acceptors (Lipinski definition) is 2. The minimum absolute atomic E-state index is 0.732. The number of halogens is 2. The van der Waals surface area contributed by atoms with Gasteiger partial charge in [0.05, 0.1) is 17.0 Å². The molecule has 0 saturated heterocycles. The molecular formula is C18H20ClIN2O. The molecule has 122 valence electrons. The zero-order chi connectivity index (χ0) is 17.0. The van der Waals surface area contributed by atoms with Crippen molar-refractivity contribution in [1.82, 2.24) is 4.90 Å². The lowest BCUT2D eigenvalue weighted by Crippen LogP contribution is -2.14. The standard InChI is InChI=1S/C18H20ClIN2O/c1-5-22(4)11-21-17-8-13(3)18(9-12(17)2)23-14-6-7-15(19)16(20)10-14/h6-11H,5H2,1-4H3/b21-11+. The van der Waals surface area contributed by atoms with Crippen LogP contribution in [0.3, 0.4) is 0 Å². The van der Waals surface area contributed by atoms with E-state index in [0.717, 1.165) is 43.5 Å². The number of aliphatic imine (C=N–C) groups is 1. The van der Waals surface area contributed by atoms with E-state index in [1.165, 1.54) is 0 Å². The van der Waals surface area contributed by atoms with Gasteiger partial charge in [0, 0.05) is 17.2 Å². The van der Waals surface area contributed by atoms with Crippen LogP contribution in [0.25, 0.3) is 0 Å². The molecule has 0 N–H and O–H groups in total. The first-order chi connectivity index (χ1) is 10.9. The van der Waals surface area contributed by atoms with Crippen LogP contribution >= 0.6 is 34.2 Å². The van der Waals surface area contributed by atoms with Crippen LogP contribution in [-0.2, 0) is 0 Å². The smallest absolute Gasteiger partial charge is 0.130 e. The quantitative estimate of drug-likeness (QED) is 0.324. The number of benzene rings is 2. The summed E-state index contributed by atoms with van der Waals surface area (Å²) in [5.41, 5.74) is 3.09. The summed E-state index contributed by atoms with van der Waals surface area (Å²) >= 11 is 8.25. The summed E-state index contributed by atoms with van der Waals surface area (Å²) in [4.78, 5) is 6.57. The van der Waals surface area contributed by atoms with Crippen LogP contribution in [0.1, 0.15) is 18.1 Å². The van der Waals surface area contributed by atoms with Crippen LogP contribution in [0, 0.1) is 17.4 Å². The molecule has 2 rings (SSSR count).